The standard InChI is InChI=1S/C22H21N5O4/c1-30-17-11-16-12(10-13(17)22(29)27-6-8-31-9-7-27)18(23)19(25-16)20-21(28)26-15-5-3-2-4-14(15)24-20/h2-5,10-11,25H,6-9,23H2,1H3,(H,26,28). The molecule has 4 N–H and O–H groups in total. The Morgan fingerprint density at radius 3 is 2.71 bits per heavy atom. The van der Waals surface area contributed by atoms with Gasteiger partial charge in [0, 0.05) is 24.5 Å². The Hall–Kier alpha value is -3.85. The summed E-state index contributed by atoms with van der Waals surface area (Å²) in [6.45, 7) is 2.04. The van der Waals surface area contributed by atoms with E-state index in [0.717, 1.165) is 0 Å². The predicted molar refractivity (Wildman–Crippen MR) is 117 cm³/mol. The van der Waals surface area contributed by atoms with Crippen molar-refractivity contribution < 1.29 is 14.3 Å². The van der Waals surface area contributed by atoms with Crippen LogP contribution in [-0.4, -0.2) is 59.2 Å². The van der Waals surface area contributed by atoms with Crippen LogP contribution in [0.4, 0.5) is 5.69 Å². The monoisotopic (exact) mass is 419 g/mol. The molecule has 0 aliphatic carbocycles. The minimum Gasteiger partial charge on any atom is -0.496 e. The average Bonchev–Trinajstić information content (AvgIpc) is 3.13. The van der Waals surface area contributed by atoms with Crippen LogP contribution in [0.3, 0.4) is 0 Å². The highest BCUT2D eigenvalue weighted by molar-refractivity contribution is 6.06. The van der Waals surface area contributed by atoms with Crippen LogP contribution < -0.4 is 16.0 Å². The van der Waals surface area contributed by atoms with Gasteiger partial charge in [-0.2, -0.15) is 0 Å². The third kappa shape index (κ3) is 3.19. The molecule has 31 heavy (non-hydrogen) atoms. The van der Waals surface area contributed by atoms with Crippen molar-refractivity contribution in [2.45, 2.75) is 0 Å². The first-order valence-electron chi connectivity index (χ1n) is 9.92. The Kier molecular flexibility index (Phi) is 4.59. The summed E-state index contributed by atoms with van der Waals surface area (Å²) in [6.07, 6.45) is 0. The van der Waals surface area contributed by atoms with Gasteiger partial charge in [-0.3, -0.25) is 9.59 Å². The molecule has 3 heterocycles. The summed E-state index contributed by atoms with van der Waals surface area (Å²) >= 11 is 0. The minimum atomic E-state index is -0.353. The number of anilines is 1. The summed E-state index contributed by atoms with van der Waals surface area (Å²) in [5.41, 5.74) is 9.35. The molecule has 0 unspecified atom stereocenters. The van der Waals surface area contributed by atoms with Gasteiger partial charge in [0.05, 0.1) is 53.8 Å². The highest BCUT2D eigenvalue weighted by Gasteiger charge is 2.24. The van der Waals surface area contributed by atoms with Gasteiger partial charge in [0.1, 0.15) is 5.75 Å². The second-order valence-electron chi connectivity index (χ2n) is 7.35. The van der Waals surface area contributed by atoms with E-state index >= 15 is 0 Å². The van der Waals surface area contributed by atoms with Gasteiger partial charge in [-0.1, -0.05) is 12.1 Å². The maximum Gasteiger partial charge on any atom is 0.276 e. The molecule has 1 aliphatic rings. The topological polar surface area (TPSA) is 126 Å². The molecule has 1 saturated heterocycles. The van der Waals surface area contributed by atoms with Gasteiger partial charge in [-0.15, -0.1) is 0 Å². The number of amides is 1. The predicted octanol–water partition coefficient (Wildman–Crippen LogP) is 2.13. The van der Waals surface area contributed by atoms with Crippen LogP contribution in [0, 0.1) is 0 Å². The molecule has 0 spiro atoms. The number of carbonyl (C=O) groups is 1. The van der Waals surface area contributed by atoms with Crippen LogP contribution >= 0.6 is 0 Å². The quantitative estimate of drug-likeness (QED) is 0.467. The van der Waals surface area contributed by atoms with E-state index < -0.39 is 0 Å². The Bertz CT molecular complexity index is 1370. The smallest absolute Gasteiger partial charge is 0.276 e. The van der Waals surface area contributed by atoms with Crippen molar-refractivity contribution in [2.24, 2.45) is 0 Å². The van der Waals surface area contributed by atoms with E-state index in [9.17, 15) is 9.59 Å². The number of ether oxygens (including phenoxy) is 2. The number of aromatic nitrogens is 3. The number of H-pyrrole nitrogens is 2. The van der Waals surface area contributed by atoms with E-state index in [0.29, 0.717) is 70.9 Å². The fourth-order valence-corrected chi connectivity index (χ4v) is 3.90. The maximum absolute atomic E-state index is 13.1. The molecule has 9 heteroatoms. The van der Waals surface area contributed by atoms with Crippen molar-refractivity contribution in [3.05, 3.63) is 52.3 Å². The zero-order valence-corrected chi connectivity index (χ0v) is 16.9. The first-order valence-corrected chi connectivity index (χ1v) is 9.92. The number of morpholine rings is 1. The van der Waals surface area contributed by atoms with Crippen LogP contribution in [0.15, 0.2) is 41.2 Å². The fraction of sp³-hybridized carbons (Fsp3) is 0.227. The molecule has 0 bridgehead atoms. The van der Waals surface area contributed by atoms with Crippen molar-refractivity contribution >= 4 is 33.5 Å². The largest absolute Gasteiger partial charge is 0.496 e. The number of hydrogen-bond acceptors (Lipinski definition) is 6. The van der Waals surface area contributed by atoms with Gasteiger partial charge in [-0.05, 0) is 18.2 Å². The maximum atomic E-state index is 13.1. The molecule has 9 nitrogen and oxygen atoms in total. The lowest BCUT2D eigenvalue weighted by Gasteiger charge is -2.27. The third-order valence-corrected chi connectivity index (χ3v) is 5.52. The van der Waals surface area contributed by atoms with Gasteiger partial charge in [0.2, 0.25) is 0 Å². The zero-order chi connectivity index (χ0) is 21.5. The van der Waals surface area contributed by atoms with Crippen molar-refractivity contribution in [2.75, 3.05) is 39.1 Å². The molecule has 158 valence electrons. The number of aromatic amines is 2. The van der Waals surface area contributed by atoms with Crippen molar-refractivity contribution in [1.82, 2.24) is 19.9 Å². The van der Waals surface area contributed by atoms with Crippen LogP contribution in [0.2, 0.25) is 0 Å². The summed E-state index contributed by atoms with van der Waals surface area (Å²) in [5, 5.41) is 0.627. The molecule has 1 amide bonds. The first-order chi connectivity index (χ1) is 15.1. The van der Waals surface area contributed by atoms with Gasteiger partial charge in [0.15, 0.2) is 5.69 Å². The number of nitrogens with two attached hydrogens (primary N) is 1. The second kappa shape index (κ2) is 7.44. The Morgan fingerprint density at radius 1 is 1.16 bits per heavy atom. The normalized spacial score (nSPS) is 14.3. The average molecular weight is 419 g/mol. The summed E-state index contributed by atoms with van der Waals surface area (Å²) in [4.78, 5) is 38.0. The van der Waals surface area contributed by atoms with E-state index in [2.05, 4.69) is 15.0 Å². The first kappa shape index (κ1) is 19.1. The van der Waals surface area contributed by atoms with E-state index in [1.165, 1.54) is 7.11 Å². The zero-order valence-electron chi connectivity index (χ0n) is 16.9. The molecule has 2 aromatic heterocycles. The second-order valence-corrected chi connectivity index (χ2v) is 7.35. The SMILES string of the molecule is COc1cc2[nH]c(-c3nc4ccccc4[nH]c3=O)c(N)c2cc1C(=O)N1CCOCC1. The fourth-order valence-electron chi connectivity index (χ4n) is 3.90. The molecule has 2 aromatic carbocycles. The summed E-state index contributed by atoms with van der Waals surface area (Å²) in [6, 6.07) is 10.7. The summed E-state index contributed by atoms with van der Waals surface area (Å²) in [5.74, 6) is 0.281. The number of nitrogens with one attached hydrogen (secondary N) is 2. The Labute approximate surface area is 176 Å². The molecule has 0 saturated carbocycles. The van der Waals surface area contributed by atoms with E-state index in [4.69, 9.17) is 15.2 Å². The number of para-hydroxylation sites is 2. The minimum absolute atomic E-state index is 0.147. The third-order valence-electron chi connectivity index (χ3n) is 5.52. The molecule has 0 radical (unpaired) electrons. The lowest BCUT2D eigenvalue weighted by Crippen LogP contribution is -2.40. The van der Waals surface area contributed by atoms with Crippen molar-refractivity contribution in [3.8, 4) is 17.1 Å². The van der Waals surface area contributed by atoms with Gasteiger partial charge < -0.3 is 30.1 Å². The van der Waals surface area contributed by atoms with Gasteiger partial charge in [0.25, 0.3) is 11.5 Å². The summed E-state index contributed by atoms with van der Waals surface area (Å²) < 4.78 is 10.8. The number of methoxy groups -OCH3 is 1. The molecule has 1 fully saturated rings. The number of fused-ring (bicyclic) bond motifs is 2. The number of benzene rings is 2. The van der Waals surface area contributed by atoms with Gasteiger partial charge in [-0.25, -0.2) is 4.98 Å². The number of nitrogens with zero attached hydrogens (tertiary/aromatic N) is 2. The van der Waals surface area contributed by atoms with Crippen LogP contribution in [-0.2, 0) is 4.74 Å². The molecule has 4 aromatic rings. The molecule has 1 aliphatic heterocycles. The lowest BCUT2D eigenvalue weighted by molar-refractivity contribution is 0.0301. The van der Waals surface area contributed by atoms with Crippen molar-refractivity contribution in [3.63, 3.8) is 0 Å². The van der Waals surface area contributed by atoms with E-state index in [-0.39, 0.29) is 17.2 Å². The van der Waals surface area contributed by atoms with Crippen LogP contribution in [0.5, 0.6) is 5.75 Å². The lowest BCUT2D eigenvalue weighted by atomic mass is 10.1. The van der Waals surface area contributed by atoms with E-state index in [1.54, 1.807) is 23.1 Å². The number of hydrogen-bond donors (Lipinski definition) is 3. The van der Waals surface area contributed by atoms with Crippen molar-refractivity contribution in [1.29, 1.82) is 0 Å². The highest BCUT2D eigenvalue weighted by Crippen LogP contribution is 2.35. The molecular weight excluding hydrogens is 398 g/mol. The number of nitrogen functional groups attached to an aromatic ring is 1. The highest BCUT2D eigenvalue weighted by atomic mass is 16.5. The Balaban J connectivity index is 1.65. The van der Waals surface area contributed by atoms with Crippen LogP contribution in [0.25, 0.3) is 33.3 Å². The Morgan fingerprint density at radius 2 is 1.94 bits per heavy atom. The molecule has 5 rings (SSSR count). The molecule has 0 atom stereocenters. The molecular formula is C22H21N5O4. The van der Waals surface area contributed by atoms with Gasteiger partial charge >= 0.3 is 0 Å². The summed E-state index contributed by atoms with van der Waals surface area (Å²) in [7, 11) is 1.51. The number of rotatable bonds is 3. The van der Waals surface area contributed by atoms with E-state index in [1.807, 2.05) is 18.2 Å². The number of carbonyl (C=O) groups excluding carboxylic acids is 1. The van der Waals surface area contributed by atoms with Crippen LogP contribution in [0.1, 0.15) is 10.4 Å².